The van der Waals surface area contributed by atoms with Crippen LogP contribution in [0.15, 0.2) is 36.4 Å². The maximum absolute atomic E-state index is 14.4. The molecule has 31 heavy (non-hydrogen) atoms. The highest BCUT2D eigenvalue weighted by molar-refractivity contribution is 6.09. The summed E-state index contributed by atoms with van der Waals surface area (Å²) in [7, 11) is 0. The highest BCUT2D eigenvalue weighted by Crippen LogP contribution is 2.40. The van der Waals surface area contributed by atoms with Crippen molar-refractivity contribution in [2.75, 3.05) is 0 Å². The van der Waals surface area contributed by atoms with Crippen molar-refractivity contribution in [1.29, 1.82) is 0 Å². The van der Waals surface area contributed by atoms with E-state index in [0.29, 0.717) is 24.3 Å². The van der Waals surface area contributed by atoms with E-state index in [1.54, 1.807) is 0 Å². The Morgan fingerprint density at radius 3 is 1.35 bits per heavy atom. The molecule has 0 atom stereocenters. The molecule has 0 saturated heterocycles. The van der Waals surface area contributed by atoms with Crippen LogP contribution in [-0.2, 0) is 12.4 Å². The number of fused-ring (bicyclic) bond motifs is 3. The van der Waals surface area contributed by atoms with E-state index < -0.39 is 63.7 Å². The first-order chi connectivity index (χ1) is 14.3. The van der Waals surface area contributed by atoms with Gasteiger partial charge < -0.3 is 4.57 Å². The molecule has 12 heteroatoms. The summed E-state index contributed by atoms with van der Waals surface area (Å²) in [5.41, 5.74) is -5.37. The van der Waals surface area contributed by atoms with E-state index in [9.17, 15) is 43.9 Å². The zero-order valence-electron chi connectivity index (χ0n) is 14.6. The second-order valence-corrected chi connectivity index (χ2v) is 6.46. The molecule has 0 amide bonds. The van der Waals surface area contributed by atoms with Gasteiger partial charge in [-0.15, -0.1) is 0 Å². The summed E-state index contributed by atoms with van der Waals surface area (Å²) in [6.07, 6.45) is -9.84. The smallest absolute Gasteiger partial charge is 0.304 e. The Balaban J connectivity index is 2.24. The predicted octanol–water partition coefficient (Wildman–Crippen LogP) is 6.77. The normalized spacial score (nSPS) is 12.8. The molecule has 4 aromatic rings. The first-order valence-electron chi connectivity index (χ1n) is 8.23. The van der Waals surface area contributed by atoms with Crippen LogP contribution in [0.2, 0.25) is 0 Å². The number of hydrogen-bond donors (Lipinski definition) is 0. The predicted molar refractivity (Wildman–Crippen MR) is 88.4 cm³/mol. The fourth-order valence-electron chi connectivity index (χ4n) is 3.28. The molecule has 0 bridgehead atoms. The van der Waals surface area contributed by atoms with Gasteiger partial charge >= 0.3 is 12.4 Å². The van der Waals surface area contributed by atoms with Crippen LogP contribution in [0, 0.1) is 23.5 Å². The molecule has 162 valence electrons. The lowest BCUT2D eigenvalue weighted by Gasteiger charge is -2.13. The molecule has 2 nitrogen and oxygen atoms in total. The van der Waals surface area contributed by atoms with E-state index in [-0.39, 0.29) is 15.3 Å². The largest absolute Gasteiger partial charge is 0.416 e. The first-order valence-corrected chi connectivity index (χ1v) is 8.23. The molecular weight excluding hydrogens is 446 g/mol. The molecule has 0 aliphatic heterocycles. The van der Waals surface area contributed by atoms with Crippen molar-refractivity contribution in [3.8, 4) is 5.69 Å². The summed E-state index contributed by atoms with van der Waals surface area (Å²) in [4.78, 5) is 2.36. The minimum absolute atomic E-state index is 0.131. The molecule has 0 radical (unpaired) electrons. The Morgan fingerprint density at radius 1 is 0.613 bits per heavy atom. The zero-order chi connectivity index (χ0) is 22.9. The molecule has 0 saturated carbocycles. The molecule has 4 rings (SSSR count). The lowest BCUT2D eigenvalue weighted by molar-refractivity contribution is -0.138. The van der Waals surface area contributed by atoms with Crippen molar-refractivity contribution in [2.24, 2.45) is 0 Å². The summed E-state index contributed by atoms with van der Waals surface area (Å²) >= 11 is 0. The van der Waals surface area contributed by atoms with Crippen molar-refractivity contribution in [3.63, 3.8) is 0 Å². The molecule has 2 heterocycles. The maximum atomic E-state index is 14.4. The number of benzene rings is 2. The fourth-order valence-corrected chi connectivity index (χ4v) is 3.28. The lowest BCUT2D eigenvalue weighted by Crippen LogP contribution is -2.10. The summed E-state index contributed by atoms with van der Waals surface area (Å²) in [5.74, 6) is -8.43. The van der Waals surface area contributed by atoms with Crippen molar-refractivity contribution in [3.05, 3.63) is 71.1 Å². The van der Waals surface area contributed by atoms with Crippen LogP contribution < -0.4 is 0 Å². The minimum Gasteiger partial charge on any atom is -0.304 e. The van der Waals surface area contributed by atoms with Gasteiger partial charge in [0.15, 0.2) is 0 Å². The summed E-state index contributed by atoms with van der Waals surface area (Å²) in [6, 6.07) is 3.83. The second-order valence-electron chi connectivity index (χ2n) is 6.46. The van der Waals surface area contributed by atoms with Gasteiger partial charge in [0.2, 0.25) is 11.6 Å². The monoisotopic (exact) mass is 452 g/mol. The maximum Gasteiger partial charge on any atom is 0.416 e. The Labute approximate surface area is 165 Å². The molecule has 0 fully saturated rings. The fraction of sp³-hybridized carbons (Fsp3) is 0.105. The third-order valence-corrected chi connectivity index (χ3v) is 4.62. The van der Waals surface area contributed by atoms with E-state index in [4.69, 9.17) is 0 Å². The molecule has 0 aliphatic rings. The Morgan fingerprint density at radius 2 is 1.00 bits per heavy atom. The van der Waals surface area contributed by atoms with Crippen LogP contribution in [0.1, 0.15) is 11.1 Å². The van der Waals surface area contributed by atoms with E-state index in [1.807, 2.05) is 0 Å². The van der Waals surface area contributed by atoms with E-state index in [0.717, 1.165) is 12.1 Å². The Kier molecular flexibility index (Phi) is 4.45. The third kappa shape index (κ3) is 3.26. The topological polar surface area (TPSA) is 17.8 Å². The van der Waals surface area contributed by atoms with E-state index >= 15 is 0 Å². The van der Waals surface area contributed by atoms with Crippen LogP contribution in [0.3, 0.4) is 0 Å². The number of alkyl halides is 6. The van der Waals surface area contributed by atoms with Crippen LogP contribution in [0.5, 0.6) is 0 Å². The summed E-state index contributed by atoms with van der Waals surface area (Å²) in [5, 5.41) is -0.263. The number of rotatable bonds is 1. The van der Waals surface area contributed by atoms with Crippen molar-refractivity contribution in [2.45, 2.75) is 12.4 Å². The van der Waals surface area contributed by atoms with E-state index in [2.05, 4.69) is 4.98 Å². The van der Waals surface area contributed by atoms with Crippen molar-refractivity contribution in [1.82, 2.24) is 9.55 Å². The van der Waals surface area contributed by atoms with Gasteiger partial charge in [0.25, 0.3) is 11.9 Å². The average Bonchev–Trinajstić information content (AvgIpc) is 2.98. The van der Waals surface area contributed by atoms with E-state index in [1.165, 1.54) is 0 Å². The molecular formula is C19H6F10N2. The molecule has 0 unspecified atom stereocenters. The minimum atomic E-state index is -4.92. The van der Waals surface area contributed by atoms with Crippen LogP contribution >= 0.6 is 0 Å². The van der Waals surface area contributed by atoms with Gasteiger partial charge in [-0.3, -0.25) is 0 Å². The first kappa shape index (κ1) is 20.9. The molecule has 0 spiro atoms. The van der Waals surface area contributed by atoms with Crippen molar-refractivity contribution < 1.29 is 43.9 Å². The molecule has 2 aromatic carbocycles. The van der Waals surface area contributed by atoms with Crippen LogP contribution in [0.25, 0.3) is 27.5 Å². The highest BCUT2D eigenvalue weighted by atomic mass is 19.4. The quantitative estimate of drug-likeness (QED) is 0.230. The number of hydrogen-bond acceptors (Lipinski definition) is 1. The third-order valence-electron chi connectivity index (χ3n) is 4.62. The summed E-state index contributed by atoms with van der Waals surface area (Å²) in [6.45, 7) is 0. The number of nitrogens with zero attached hydrogens (tertiary/aromatic N) is 2. The lowest BCUT2D eigenvalue weighted by atomic mass is 10.1. The number of aromatic nitrogens is 2. The number of halogens is 10. The Hall–Kier alpha value is -3.31. The van der Waals surface area contributed by atoms with Gasteiger partial charge in [0.1, 0.15) is 5.69 Å². The Bertz CT molecular complexity index is 1250. The van der Waals surface area contributed by atoms with Gasteiger partial charge in [0.05, 0.1) is 22.2 Å². The molecule has 0 N–H and O–H groups in total. The van der Waals surface area contributed by atoms with Gasteiger partial charge in [-0.25, -0.2) is 0 Å². The SMILES string of the molecule is Fc1nc(F)c(F)c(-n2c3cc(C(F)(F)F)ccc3c3ccc(C(F)(F)F)cc32)c1F. The van der Waals surface area contributed by atoms with Crippen molar-refractivity contribution >= 4 is 21.8 Å². The number of pyridine rings is 1. The van der Waals surface area contributed by atoms with Crippen LogP contribution in [0.4, 0.5) is 43.9 Å². The standard InChI is InChI=1S/C19H6F10N2/c20-13-15(14(21)17(23)30-16(13)22)31-11-5-7(18(24,25)26)1-3-9(11)10-4-2-8(6-12(10)31)19(27,28)29/h1-6H. The van der Waals surface area contributed by atoms with Gasteiger partial charge in [-0.2, -0.15) is 48.9 Å². The van der Waals surface area contributed by atoms with Crippen LogP contribution in [-0.4, -0.2) is 9.55 Å². The second kappa shape index (κ2) is 6.59. The zero-order valence-corrected chi connectivity index (χ0v) is 14.6. The van der Waals surface area contributed by atoms with Gasteiger partial charge in [0, 0.05) is 10.8 Å². The van der Waals surface area contributed by atoms with Gasteiger partial charge in [-0.05, 0) is 24.3 Å². The van der Waals surface area contributed by atoms with Gasteiger partial charge in [-0.1, -0.05) is 12.1 Å². The average molecular weight is 452 g/mol. The summed E-state index contributed by atoms with van der Waals surface area (Å²) < 4.78 is 136. The highest BCUT2D eigenvalue weighted by Gasteiger charge is 2.34. The molecule has 0 aliphatic carbocycles. The molecule has 2 aromatic heterocycles.